The number of hydrogen-bond donors (Lipinski definition) is 1. The summed E-state index contributed by atoms with van der Waals surface area (Å²) in [6.45, 7) is 0. The highest BCUT2D eigenvalue weighted by Gasteiger charge is 2.29. The van der Waals surface area contributed by atoms with Gasteiger partial charge in [0, 0.05) is 17.5 Å². The van der Waals surface area contributed by atoms with E-state index in [9.17, 15) is 13.6 Å². The maximum absolute atomic E-state index is 13.0. The summed E-state index contributed by atoms with van der Waals surface area (Å²) in [6.07, 6.45) is 3.55. The van der Waals surface area contributed by atoms with Crippen LogP contribution in [-0.4, -0.2) is 11.8 Å². The van der Waals surface area contributed by atoms with Crippen molar-refractivity contribution in [2.75, 3.05) is 0 Å². The Morgan fingerprint density at radius 1 is 1.18 bits per heavy atom. The number of carbonyl (C=O) groups excluding carboxylic acids is 1. The van der Waals surface area contributed by atoms with Crippen LogP contribution in [0.2, 0.25) is 0 Å². The third-order valence-electron chi connectivity index (χ3n) is 3.36. The molecule has 4 heteroatoms. The van der Waals surface area contributed by atoms with Gasteiger partial charge in [-0.25, -0.2) is 8.78 Å². The monoisotopic (exact) mass is 239 g/mol. The SMILES string of the molecule is NC1CCCCC1C(=O)c1ccc(F)c(F)c1. The van der Waals surface area contributed by atoms with E-state index in [1.807, 2.05) is 0 Å². The van der Waals surface area contributed by atoms with Crippen LogP contribution in [0.25, 0.3) is 0 Å². The van der Waals surface area contributed by atoms with Gasteiger partial charge in [0.15, 0.2) is 17.4 Å². The summed E-state index contributed by atoms with van der Waals surface area (Å²) in [4.78, 5) is 12.1. The minimum absolute atomic E-state index is 0.163. The van der Waals surface area contributed by atoms with Gasteiger partial charge in [0.1, 0.15) is 0 Å². The highest BCUT2D eigenvalue weighted by molar-refractivity contribution is 5.98. The maximum atomic E-state index is 13.0. The fourth-order valence-corrected chi connectivity index (χ4v) is 2.35. The third kappa shape index (κ3) is 2.52. The van der Waals surface area contributed by atoms with Crippen LogP contribution in [0.3, 0.4) is 0 Å². The molecule has 1 aliphatic rings. The summed E-state index contributed by atoms with van der Waals surface area (Å²) in [7, 11) is 0. The van der Waals surface area contributed by atoms with Gasteiger partial charge in [-0.05, 0) is 31.0 Å². The Bertz CT molecular complexity index is 433. The Hall–Kier alpha value is -1.29. The number of Topliss-reactive ketones (excluding diaryl/α,β-unsaturated/α-hetero) is 1. The van der Waals surface area contributed by atoms with E-state index in [2.05, 4.69) is 0 Å². The molecule has 1 aromatic rings. The van der Waals surface area contributed by atoms with Crippen molar-refractivity contribution in [1.82, 2.24) is 0 Å². The zero-order valence-electron chi connectivity index (χ0n) is 9.46. The highest BCUT2D eigenvalue weighted by atomic mass is 19.2. The normalized spacial score (nSPS) is 24.6. The van der Waals surface area contributed by atoms with Gasteiger partial charge >= 0.3 is 0 Å². The van der Waals surface area contributed by atoms with Gasteiger partial charge in [-0.1, -0.05) is 12.8 Å². The van der Waals surface area contributed by atoms with Crippen LogP contribution in [0.4, 0.5) is 8.78 Å². The summed E-state index contributed by atoms with van der Waals surface area (Å²) in [5, 5.41) is 0. The number of ketones is 1. The predicted molar refractivity (Wildman–Crippen MR) is 60.6 cm³/mol. The molecule has 1 fully saturated rings. The van der Waals surface area contributed by atoms with Crippen molar-refractivity contribution in [1.29, 1.82) is 0 Å². The highest BCUT2D eigenvalue weighted by Crippen LogP contribution is 2.26. The molecule has 17 heavy (non-hydrogen) atoms. The fourth-order valence-electron chi connectivity index (χ4n) is 2.35. The van der Waals surface area contributed by atoms with E-state index in [4.69, 9.17) is 5.73 Å². The van der Waals surface area contributed by atoms with Crippen LogP contribution >= 0.6 is 0 Å². The molecule has 2 N–H and O–H groups in total. The molecule has 0 aliphatic heterocycles. The molecule has 1 aromatic carbocycles. The first-order valence-electron chi connectivity index (χ1n) is 5.84. The van der Waals surface area contributed by atoms with E-state index < -0.39 is 11.6 Å². The molecular formula is C13H15F2NO. The van der Waals surface area contributed by atoms with Gasteiger partial charge in [-0.2, -0.15) is 0 Å². The van der Waals surface area contributed by atoms with Gasteiger partial charge < -0.3 is 5.73 Å². The molecule has 2 unspecified atom stereocenters. The van der Waals surface area contributed by atoms with Gasteiger partial charge in [-0.3, -0.25) is 4.79 Å². The smallest absolute Gasteiger partial charge is 0.167 e. The van der Waals surface area contributed by atoms with Gasteiger partial charge in [0.05, 0.1) is 0 Å². The van der Waals surface area contributed by atoms with Gasteiger partial charge in [0.2, 0.25) is 0 Å². The number of hydrogen-bond acceptors (Lipinski definition) is 2. The molecule has 2 nitrogen and oxygen atoms in total. The fraction of sp³-hybridized carbons (Fsp3) is 0.462. The average Bonchev–Trinajstić information content (AvgIpc) is 2.32. The molecule has 1 saturated carbocycles. The molecule has 2 rings (SSSR count). The molecule has 1 aliphatic carbocycles. The van der Waals surface area contributed by atoms with Crippen molar-refractivity contribution in [2.24, 2.45) is 11.7 Å². The van der Waals surface area contributed by atoms with E-state index in [1.165, 1.54) is 6.07 Å². The second kappa shape index (κ2) is 4.92. The largest absolute Gasteiger partial charge is 0.327 e. The molecular weight excluding hydrogens is 224 g/mol. The van der Waals surface area contributed by atoms with Crippen LogP contribution in [-0.2, 0) is 0 Å². The minimum atomic E-state index is -0.986. The number of carbonyl (C=O) groups is 1. The first kappa shape index (κ1) is 12.2. The lowest BCUT2D eigenvalue weighted by Crippen LogP contribution is -2.38. The lowest BCUT2D eigenvalue weighted by Gasteiger charge is -2.27. The Morgan fingerprint density at radius 3 is 2.53 bits per heavy atom. The molecule has 0 bridgehead atoms. The van der Waals surface area contributed by atoms with E-state index in [0.717, 1.165) is 37.8 Å². The Labute approximate surface area is 98.8 Å². The minimum Gasteiger partial charge on any atom is -0.327 e. The first-order chi connectivity index (χ1) is 8.09. The summed E-state index contributed by atoms with van der Waals surface area (Å²) in [5.74, 6) is -2.35. The third-order valence-corrected chi connectivity index (χ3v) is 3.36. The number of halogens is 2. The lowest BCUT2D eigenvalue weighted by atomic mass is 9.80. The number of rotatable bonds is 2. The lowest BCUT2D eigenvalue weighted by molar-refractivity contribution is 0.0870. The topological polar surface area (TPSA) is 43.1 Å². The van der Waals surface area contributed by atoms with Crippen molar-refractivity contribution in [3.8, 4) is 0 Å². The average molecular weight is 239 g/mol. The quantitative estimate of drug-likeness (QED) is 0.806. The van der Waals surface area contributed by atoms with Crippen LogP contribution in [0.1, 0.15) is 36.0 Å². The Kier molecular flexibility index (Phi) is 3.52. The molecule has 0 spiro atoms. The Balaban J connectivity index is 2.21. The summed E-state index contributed by atoms with van der Waals surface area (Å²) >= 11 is 0. The van der Waals surface area contributed by atoms with Crippen LogP contribution < -0.4 is 5.73 Å². The predicted octanol–water partition coefficient (Wildman–Crippen LogP) is 2.67. The van der Waals surface area contributed by atoms with Crippen LogP contribution in [0.15, 0.2) is 18.2 Å². The molecule has 92 valence electrons. The van der Waals surface area contributed by atoms with Crippen molar-refractivity contribution < 1.29 is 13.6 Å². The molecule has 0 heterocycles. The van der Waals surface area contributed by atoms with Crippen LogP contribution in [0, 0.1) is 17.6 Å². The van der Waals surface area contributed by atoms with Gasteiger partial charge in [0.25, 0.3) is 0 Å². The zero-order chi connectivity index (χ0) is 12.4. The van der Waals surface area contributed by atoms with E-state index >= 15 is 0 Å². The summed E-state index contributed by atoms with van der Waals surface area (Å²) in [5.41, 5.74) is 6.11. The van der Waals surface area contributed by atoms with E-state index in [0.29, 0.717) is 0 Å². The van der Waals surface area contributed by atoms with Crippen molar-refractivity contribution >= 4 is 5.78 Å². The Morgan fingerprint density at radius 2 is 1.88 bits per heavy atom. The summed E-state index contributed by atoms with van der Waals surface area (Å²) < 4.78 is 25.8. The second-order valence-corrected chi connectivity index (χ2v) is 4.55. The summed E-state index contributed by atoms with van der Waals surface area (Å²) in [6, 6.07) is 3.10. The molecule has 0 radical (unpaired) electrons. The number of nitrogens with two attached hydrogens (primary N) is 1. The maximum Gasteiger partial charge on any atom is 0.167 e. The van der Waals surface area contributed by atoms with Crippen LogP contribution in [0.5, 0.6) is 0 Å². The van der Waals surface area contributed by atoms with Crippen molar-refractivity contribution in [2.45, 2.75) is 31.7 Å². The van der Waals surface area contributed by atoms with E-state index in [1.54, 1.807) is 0 Å². The van der Waals surface area contributed by atoms with Crippen molar-refractivity contribution in [3.63, 3.8) is 0 Å². The number of benzene rings is 1. The zero-order valence-corrected chi connectivity index (χ0v) is 9.46. The van der Waals surface area contributed by atoms with E-state index in [-0.39, 0.29) is 23.3 Å². The second-order valence-electron chi connectivity index (χ2n) is 4.55. The molecule has 0 aromatic heterocycles. The van der Waals surface area contributed by atoms with Gasteiger partial charge in [-0.15, -0.1) is 0 Å². The molecule has 0 saturated heterocycles. The molecule has 0 amide bonds. The van der Waals surface area contributed by atoms with Crippen molar-refractivity contribution in [3.05, 3.63) is 35.4 Å². The molecule has 2 atom stereocenters. The first-order valence-corrected chi connectivity index (χ1v) is 5.84. The standard InChI is InChI=1S/C13H15F2NO/c14-10-6-5-8(7-11(10)15)13(17)9-3-1-2-4-12(9)16/h5-7,9,12H,1-4,16H2.